The minimum Gasteiger partial charge on any atom is -0.429 e. The average molecular weight is 363 g/mol. The Morgan fingerprint density at radius 1 is 1.00 bits per heavy atom. The smallest absolute Gasteiger partial charge is 0.300 e. The number of fused-ring (bicyclic) bond motifs is 1. The van der Waals surface area contributed by atoms with E-state index in [-0.39, 0.29) is 0 Å². The number of nitrogens with one attached hydrogen (secondary N) is 1. The predicted molar refractivity (Wildman–Crippen MR) is 98.8 cm³/mol. The molecule has 0 radical (unpaired) electrons. The van der Waals surface area contributed by atoms with Gasteiger partial charge in [-0.2, -0.15) is 4.98 Å². The third-order valence-electron chi connectivity index (χ3n) is 3.54. The van der Waals surface area contributed by atoms with Crippen LogP contribution in [0, 0.1) is 0 Å². The molecule has 0 saturated carbocycles. The Morgan fingerprint density at radius 2 is 1.77 bits per heavy atom. The third-order valence-corrected chi connectivity index (χ3v) is 4.55. The fraction of sp³-hybridized carbons (Fsp3) is 0. The van der Waals surface area contributed by atoms with E-state index in [1.165, 1.54) is 0 Å². The van der Waals surface area contributed by atoms with Crippen LogP contribution in [0.4, 0.5) is 11.7 Å². The summed E-state index contributed by atoms with van der Waals surface area (Å²) in [6.07, 6.45) is 3.55. The van der Waals surface area contributed by atoms with Crippen LogP contribution in [0.15, 0.2) is 81.2 Å². The summed E-state index contributed by atoms with van der Waals surface area (Å²) in [5, 5.41) is 3.13. The van der Waals surface area contributed by atoms with Crippen molar-refractivity contribution in [2.24, 2.45) is 0 Å². The fourth-order valence-corrected chi connectivity index (χ4v) is 3.16. The Morgan fingerprint density at radius 3 is 2.54 bits per heavy atom. The molecule has 0 fully saturated rings. The number of ether oxygens (including phenoxy) is 1. The molecule has 2 heterocycles. The molecule has 0 atom stereocenters. The summed E-state index contributed by atoms with van der Waals surface area (Å²) in [7, 11) is 0. The molecule has 0 bridgehead atoms. The van der Waals surface area contributed by atoms with E-state index in [9.17, 15) is 4.79 Å². The monoisotopic (exact) mass is 363 g/mol. The number of pyridine rings is 1. The molecule has 0 saturated heterocycles. The van der Waals surface area contributed by atoms with Gasteiger partial charge in [0.1, 0.15) is 11.3 Å². The van der Waals surface area contributed by atoms with E-state index in [0.717, 1.165) is 15.5 Å². The maximum absolute atomic E-state index is 10.4. The van der Waals surface area contributed by atoms with Gasteiger partial charge >= 0.3 is 0 Å². The summed E-state index contributed by atoms with van der Waals surface area (Å²) >= 11 is 1.66. The Bertz CT molecular complexity index is 1030. The standard InChI is InChI=1S/C19H13N3O3S/c23-12-24-14-3-6-17-18(11-14)25-19(22-17)21-13-1-4-15(5-2-13)26-16-7-9-20-10-8-16/h1-12H,(H,21,22). The van der Waals surface area contributed by atoms with Gasteiger partial charge in [0, 0.05) is 33.9 Å². The third kappa shape index (κ3) is 3.68. The molecule has 2 aromatic heterocycles. The predicted octanol–water partition coefficient (Wildman–Crippen LogP) is 4.65. The van der Waals surface area contributed by atoms with E-state index in [1.54, 1.807) is 42.4 Å². The van der Waals surface area contributed by atoms with Crippen LogP contribution in [0.3, 0.4) is 0 Å². The first-order chi connectivity index (χ1) is 12.8. The van der Waals surface area contributed by atoms with Crippen molar-refractivity contribution in [2.75, 3.05) is 5.32 Å². The first-order valence-corrected chi connectivity index (χ1v) is 8.58. The number of hydrogen-bond donors (Lipinski definition) is 1. The van der Waals surface area contributed by atoms with Gasteiger partial charge in [0.2, 0.25) is 0 Å². The molecule has 26 heavy (non-hydrogen) atoms. The topological polar surface area (TPSA) is 77.2 Å². The minimum atomic E-state index is 0.373. The zero-order valence-electron chi connectivity index (χ0n) is 13.5. The summed E-state index contributed by atoms with van der Waals surface area (Å²) in [5.41, 5.74) is 2.08. The normalized spacial score (nSPS) is 10.6. The number of aromatic nitrogens is 2. The molecule has 2 aromatic carbocycles. The highest BCUT2D eigenvalue weighted by Gasteiger charge is 2.08. The maximum atomic E-state index is 10.4. The van der Waals surface area contributed by atoms with Gasteiger partial charge in [-0.05, 0) is 48.5 Å². The first kappa shape index (κ1) is 16.2. The van der Waals surface area contributed by atoms with Crippen LogP contribution in [-0.4, -0.2) is 16.4 Å². The molecule has 128 valence electrons. The highest BCUT2D eigenvalue weighted by atomic mass is 32.2. The minimum absolute atomic E-state index is 0.373. The lowest BCUT2D eigenvalue weighted by Crippen LogP contribution is -1.89. The molecule has 0 aliphatic heterocycles. The van der Waals surface area contributed by atoms with Crippen molar-refractivity contribution in [2.45, 2.75) is 9.79 Å². The number of hydrogen-bond acceptors (Lipinski definition) is 7. The molecule has 0 aliphatic carbocycles. The van der Waals surface area contributed by atoms with Crippen LogP contribution in [0.2, 0.25) is 0 Å². The SMILES string of the molecule is O=COc1ccc2nc(Nc3ccc(Sc4ccncc4)cc3)oc2c1. The van der Waals surface area contributed by atoms with E-state index >= 15 is 0 Å². The van der Waals surface area contributed by atoms with Gasteiger partial charge in [-0.1, -0.05) is 11.8 Å². The highest BCUT2D eigenvalue weighted by Crippen LogP contribution is 2.29. The molecule has 4 rings (SSSR count). The molecule has 0 unspecified atom stereocenters. The Hall–Kier alpha value is -3.32. The first-order valence-electron chi connectivity index (χ1n) is 7.76. The fourth-order valence-electron chi connectivity index (χ4n) is 2.36. The molecule has 0 spiro atoms. The number of rotatable bonds is 6. The molecule has 6 nitrogen and oxygen atoms in total. The summed E-state index contributed by atoms with van der Waals surface area (Å²) in [4.78, 5) is 21.0. The largest absolute Gasteiger partial charge is 0.429 e. The molecular weight excluding hydrogens is 350 g/mol. The number of benzene rings is 2. The molecule has 1 N–H and O–H groups in total. The lowest BCUT2D eigenvalue weighted by atomic mass is 10.3. The van der Waals surface area contributed by atoms with Gasteiger partial charge in [0.25, 0.3) is 12.5 Å². The van der Waals surface area contributed by atoms with E-state index < -0.39 is 0 Å². The van der Waals surface area contributed by atoms with Crippen LogP contribution in [0.25, 0.3) is 11.1 Å². The van der Waals surface area contributed by atoms with Crippen molar-refractivity contribution in [3.63, 3.8) is 0 Å². The zero-order chi connectivity index (χ0) is 17.8. The second-order valence-electron chi connectivity index (χ2n) is 5.30. The van der Waals surface area contributed by atoms with Crippen molar-refractivity contribution in [3.05, 3.63) is 67.0 Å². The van der Waals surface area contributed by atoms with Crippen LogP contribution in [0.5, 0.6) is 5.75 Å². The number of carbonyl (C=O) groups is 1. The van der Waals surface area contributed by atoms with E-state index in [1.807, 2.05) is 36.4 Å². The summed E-state index contributed by atoms with van der Waals surface area (Å²) in [6, 6.07) is 17.3. The number of carbonyl (C=O) groups excluding carboxylic acids is 1. The van der Waals surface area contributed by atoms with Crippen molar-refractivity contribution in [1.82, 2.24) is 9.97 Å². The quantitative estimate of drug-likeness (QED) is 0.500. The summed E-state index contributed by atoms with van der Waals surface area (Å²) in [5.74, 6) is 0.410. The Kier molecular flexibility index (Phi) is 4.53. The van der Waals surface area contributed by atoms with Gasteiger partial charge in [0.05, 0.1) is 0 Å². The van der Waals surface area contributed by atoms with E-state index in [2.05, 4.69) is 15.3 Å². The maximum Gasteiger partial charge on any atom is 0.300 e. The van der Waals surface area contributed by atoms with Crippen molar-refractivity contribution >= 4 is 41.0 Å². The van der Waals surface area contributed by atoms with Crippen molar-refractivity contribution in [3.8, 4) is 5.75 Å². The van der Waals surface area contributed by atoms with Crippen LogP contribution < -0.4 is 10.1 Å². The second-order valence-corrected chi connectivity index (χ2v) is 6.44. The Balaban J connectivity index is 1.48. The van der Waals surface area contributed by atoms with E-state index in [0.29, 0.717) is 29.3 Å². The Labute approximate surface area is 153 Å². The number of nitrogens with zero attached hydrogens (tertiary/aromatic N) is 2. The van der Waals surface area contributed by atoms with Crippen LogP contribution in [-0.2, 0) is 4.79 Å². The molecular formula is C19H13N3O3S. The van der Waals surface area contributed by atoms with Crippen LogP contribution >= 0.6 is 11.8 Å². The van der Waals surface area contributed by atoms with Gasteiger partial charge in [-0.15, -0.1) is 0 Å². The number of anilines is 2. The molecule has 4 aromatic rings. The van der Waals surface area contributed by atoms with Gasteiger partial charge in [0.15, 0.2) is 5.58 Å². The number of oxazole rings is 1. The lowest BCUT2D eigenvalue weighted by molar-refractivity contribution is -0.120. The van der Waals surface area contributed by atoms with Crippen LogP contribution in [0.1, 0.15) is 0 Å². The van der Waals surface area contributed by atoms with Gasteiger partial charge < -0.3 is 14.5 Å². The second kappa shape index (κ2) is 7.28. The van der Waals surface area contributed by atoms with Crippen molar-refractivity contribution < 1.29 is 13.9 Å². The zero-order valence-corrected chi connectivity index (χ0v) is 14.3. The lowest BCUT2D eigenvalue weighted by Gasteiger charge is -2.04. The highest BCUT2D eigenvalue weighted by molar-refractivity contribution is 7.99. The van der Waals surface area contributed by atoms with E-state index in [4.69, 9.17) is 9.15 Å². The van der Waals surface area contributed by atoms with Gasteiger partial charge in [-0.25, -0.2) is 0 Å². The molecule has 0 aliphatic rings. The molecule has 0 amide bonds. The summed E-state index contributed by atoms with van der Waals surface area (Å²) in [6.45, 7) is 0.377. The average Bonchev–Trinajstić information content (AvgIpc) is 3.06. The van der Waals surface area contributed by atoms with Crippen molar-refractivity contribution in [1.29, 1.82) is 0 Å². The van der Waals surface area contributed by atoms with Gasteiger partial charge in [-0.3, -0.25) is 9.78 Å². The molecule has 7 heteroatoms. The summed E-state index contributed by atoms with van der Waals surface area (Å²) < 4.78 is 10.5.